The topological polar surface area (TPSA) is 82.3 Å². The predicted molar refractivity (Wildman–Crippen MR) is 122 cm³/mol. The van der Waals surface area contributed by atoms with Crippen LogP contribution >= 0.6 is 23.4 Å². The van der Waals surface area contributed by atoms with Crippen LogP contribution in [-0.2, 0) is 16.6 Å². The van der Waals surface area contributed by atoms with Gasteiger partial charge in [-0.1, -0.05) is 29.8 Å². The summed E-state index contributed by atoms with van der Waals surface area (Å²) < 4.78 is 8.40. The van der Waals surface area contributed by atoms with Crippen molar-refractivity contribution in [2.24, 2.45) is 7.05 Å². The Hall–Kier alpha value is -2.97. The van der Waals surface area contributed by atoms with Crippen LogP contribution < -0.4 is 10.9 Å². The number of anilines is 1. The summed E-state index contributed by atoms with van der Waals surface area (Å²) in [7, 11) is 1.73. The van der Waals surface area contributed by atoms with Gasteiger partial charge in [0.15, 0.2) is 6.10 Å². The summed E-state index contributed by atoms with van der Waals surface area (Å²) >= 11 is 7.56. The molecule has 0 aliphatic carbocycles. The van der Waals surface area contributed by atoms with Gasteiger partial charge in [-0.2, -0.15) is 0 Å². The Bertz CT molecular complexity index is 1190. The Balaban J connectivity index is 1.79. The lowest BCUT2D eigenvalue weighted by Crippen LogP contribution is -2.32. The molecule has 1 atom stereocenters. The number of halogens is 1. The minimum absolute atomic E-state index is 0.127. The molecule has 0 bridgehead atoms. The van der Waals surface area contributed by atoms with Gasteiger partial charge in [-0.3, -0.25) is 14.3 Å². The maximum atomic E-state index is 12.9. The van der Waals surface area contributed by atoms with Crippen LogP contribution in [0.2, 0.25) is 5.02 Å². The SMILES string of the molecule is CSc1ccc(Cl)c(C(=O)O[C@H](C)C(=O)Nc2c(C)n(C)n(-c3ccccc3)c2=O)c1. The summed E-state index contributed by atoms with van der Waals surface area (Å²) in [5.74, 6) is -1.33. The van der Waals surface area contributed by atoms with Crippen molar-refractivity contribution in [1.29, 1.82) is 0 Å². The molecule has 3 rings (SSSR count). The summed E-state index contributed by atoms with van der Waals surface area (Å²) in [6, 6.07) is 14.1. The lowest BCUT2D eigenvalue weighted by atomic mass is 10.2. The third kappa shape index (κ3) is 4.70. The summed E-state index contributed by atoms with van der Waals surface area (Å²) in [4.78, 5) is 38.9. The van der Waals surface area contributed by atoms with E-state index in [0.717, 1.165) is 4.90 Å². The van der Waals surface area contributed by atoms with Crippen molar-refractivity contribution in [3.05, 3.63) is 75.2 Å². The monoisotopic (exact) mass is 459 g/mol. The Kier molecular flexibility index (Phi) is 6.92. The van der Waals surface area contributed by atoms with Crippen molar-refractivity contribution in [3.63, 3.8) is 0 Å². The van der Waals surface area contributed by atoms with Crippen LogP contribution in [0.5, 0.6) is 0 Å². The van der Waals surface area contributed by atoms with Crippen LogP contribution in [0.4, 0.5) is 5.69 Å². The molecule has 0 saturated carbocycles. The largest absolute Gasteiger partial charge is 0.449 e. The fourth-order valence-corrected chi connectivity index (χ4v) is 3.64. The number of rotatable bonds is 6. The van der Waals surface area contributed by atoms with Crippen LogP contribution in [0.15, 0.2) is 58.2 Å². The van der Waals surface area contributed by atoms with Gasteiger partial charge < -0.3 is 10.1 Å². The van der Waals surface area contributed by atoms with Crippen molar-refractivity contribution < 1.29 is 14.3 Å². The van der Waals surface area contributed by atoms with Gasteiger partial charge in [-0.15, -0.1) is 11.8 Å². The van der Waals surface area contributed by atoms with Gasteiger partial charge in [0, 0.05) is 11.9 Å². The number of nitrogens with zero attached hydrogens (tertiary/aromatic N) is 2. The first kappa shape index (κ1) is 22.7. The van der Waals surface area contributed by atoms with Crippen molar-refractivity contribution in [3.8, 4) is 5.69 Å². The van der Waals surface area contributed by atoms with Crippen LogP contribution in [0.1, 0.15) is 23.0 Å². The van der Waals surface area contributed by atoms with E-state index in [2.05, 4.69) is 5.32 Å². The summed E-state index contributed by atoms with van der Waals surface area (Å²) in [6.07, 6.45) is 0.740. The lowest BCUT2D eigenvalue weighted by molar-refractivity contribution is -0.123. The third-order valence-electron chi connectivity index (χ3n) is 4.85. The second-order valence-electron chi connectivity index (χ2n) is 6.82. The average Bonchev–Trinajstić information content (AvgIpc) is 2.97. The van der Waals surface area contributed by atoms with Crippen molar-refractivity contribution >= 4 is 40.9 Å². The lowest BCUT2D eigenvalue weighted by Gasteiger charge is -2.14. The van der Waals surface area contributed by atoms with Gasteiger partial charge in [-0.25, -0.2) is 9.48 Å². The zero-order chi connectivity index (χ0) is 22.7. The highest BCUT2D eigenvalue weighted by atomic mass is 35.5. The number of thioether (sulfide) groups is 1. The smallest absolute Gasteiger partial charge is 0.340 e. The number of carbonyl (C=O) groups excluding carboxylic acids is 2. The molecule has 0 saturated heterocycles. The van der Waals surface area contributed by atoms with Crippen LogP contribution in [-0.4, -0.2) is 33.6 Å². The molecule has 0 spiro atoms. The molecule has 2 aromatic carbocycles. The zero-order valence-corrected chi connectivity index (χ0v) is 19.1. The van der Waals surface area contributed by atoms with Crippen LogP contribution in [0.3, 0.4) is 0 Å². The molecule has 1 heterocycles. The number of benzene rings is 2. The summed E-state index contributed by atoms with van der Waals surface area (Å²) in [6.45, 7) is 3.16. The molecule has 7 nitrogen and oxygen atoms in total. The minimum atomic E-state index is -1.13. The summed E-state index contributed by atoms with van der Waals surface area (Å²) in [5.41, 5.74) is 1.16. The number of esters is 1. The number of amides is 1. The molecule has 9 heteroatoms. The molecule has 0 aliphatic rings. The Morgan fingerprint density at radius 3 is 2.48 bits per heavy atom. The van der Waals surface area contributed by atoms with E-state index in [1.807, 2.05) is 24.5 Å². The molecule has 0 unspecified atom stereocenters. The fourth-order valence-electron chi connectivity index (χ4n) is 3.00. The molecular formula is C22H22ClN3O4S. The quantitative estimate of drug-likeness (QED) is 0.444. The molecule has 162 valence electrons. The van der Waals surface area contributed by atoms with Gasteiger partial charge in [0.2, 0.25) is 0 Å². The van der Waals surface area contributed by atoms with Crippen molar-refractivity contribution in [2.75, 3.05) is 11.6 Å². The Morgan fingerprint density at radius 2 is 1.84 bits per heavy atom. The van der Waals surface area contributed by atoms with Gasteiger partial charge in [0.1, 0.15) is 5.69 Å². The number of aromatic nitrogens is 2. The molecule has 1 N–H and O–H groups in total. The number of hydrogen-bond donors (Lipinski definition) is 1. The number of nitrogens with one attached hydrogen (secondary N) is 1. The van der Waals surface area contributed by atoms with E-state index in [1.165, 1.54) is 23.4 Å². The molecule has 0 fully saturated rings. The van der Waals surface area contributed by atoms with Crippen LogP contribution in [0.25, 0.3) is 5.69 Å². The first-order chi connectivity index (χ1) is 14.7. The summed E-state index contributed by atoms with van der Waals surface area (Å²) in [5, 5.41) is 2.83. The first-order valence-electron chi connectivity index (χ1n) is 9.44. The van der Waals surface area contributed by atoms with Gasteiger partial charge >= 0.3 is 5.97 Å². The number of ether oxygens (including phenoxy) is 1. The highest BCUT2D eigenvalue weighted by Gasteiger charge is 2.24. The van der Waals surface area contributed by atoms with E-state index >= 15 is 0 Å². The van der Waals surface area contributed by atoms with E-state index in [9.17, 15) is 14.4 Å². The highest BCUT2D eigenvalue weighted by Crippen LogP contribution is 2.24. The average molecular weight is 460 g/mol. The first-order valence-corrected chi connectivity index (χ1v) is 11.0. The van der Waals surface area contributed by atoms with Gasteiger partial charge in [-0.05, 0) is 50.4 Å². The van der Waals surface area contributed by atoms with Crippen LogP contribution in [0, 0.1) is 6.92 Å². The van der Waals surface area contributed by atoms with Crippen molar-refractivity contribution in [1.82, 2.24) is 9.36 Å². The molecule has 31 heavy (non-hydrogen) atoms. The third-order valence-corrected chi connectivity index (χ3v) is 5.90. The molecule has 3 aromatic rings. The normalized spacial score (nSPS) is 11.8. The fraction of sp³-hybridized carbons (Fsp3) is 0.227. The van der Waals surface area contributed by atoms with Gasteiger partial charge in [0.05, 0.1) is 22.0 Å². The Morgan fingerprint density at radius 1 is 1.16 bits per heavy atom. The highest BCUT2D eigenvalue weighted by molar-refractivity contribution is 7.98. The second kappa shape index (κ2) is 9.45. The molecular weight excluding hydrogens is 438 g/mol. The van der Waals surface area contributed by atoms with Crippen molar-refractivity contribution in [2.45, 2.75) is 24.8 Å². The van der Waals surface area contributed by atoms with E-state index in [-0.39, 0.29) is 21.8 Å². The minimum Gasteiger partial charge on any atom is -0.449 e. The standard InChI is InChI=1S/C22H22ClN3O4S/c1-13-19(21(28)26(25(13)3)15-8-6-5-7-9-15)24-20(27)14(2)30-22(29)17-12-16(31-4)10-11-18(17)23/h5-12,14H,1-4H3,(H,24,27)/t14-/m1/s1. The molecule has 0 aliphatic heterocycles. The molecule has 1 aromatic heterocycles. The zero-order valence-electron chi connectivity index (χ0n) is 17.5. The predicted octanol–water partition coefficient (Wildman–Crippen LogP) is 4.04. The number of carbonyl (C=O) groups is 2. The van der Waals surface area contributed by atoms with E-state index in [1.54, 1.807) is 49.0 Å². The van der Waals surface area contributed by atoms with E-state index < -0.39 is 18.0 Å². The molecule has 0 radical (unpaired) electrons. The van der Waals surface area contributed by atoms with Gasteiger partial charge in [0.25, 0.3) is 11.5 Å². The Labute approximate surface area is 188 Å². The maximum Gasteiger partial charge on any atom is 0.340 e. The molecule has 1 amide bonds. The van der Waals surface area contributed by atoms with E-state index in [4.69, 9.17) is 16.3 Å². The number of hydrogen-bond acceptors (Lipinski definition) is 5. The second-order valence-corrected chi connectivity index (χ2v) is 8.11. The van der Waals surface area contributed by atoms with E-state index in [0.29, 0.717) is 11.4 Å². The number of para-hydroxylation sites is 1. The maximum absolute atomic E-state index is 12.9.